The smallest absolute Gasteiger partial charge is 0.313 e. The Hall–Kier alpha value is -0.990. The van der Waals surface area contributed by atoms with Crippen molar-refractivity contribution < 1.29 is 34.3 Å². The minimum absolute atomic E-state index is 0.367. The lowest BCUT2D eigenvalue weighted by Crippen LogP contribution is -2.73. The summed E-state index contributed by atoms with van der Waals surface area (Å²) < 4.78 is 17.3. The topological polar surface area (TPSA) is 109 Å². The normalized spacial score (nSPS) is 64.2. The third kappa shape index (κ3) is 1.44. The summed E-state index contributed by atoms with van der Waals surface area (Å²) in [5.74, 6) is -3.21. The zero-order valence-electron chi connectivity index (χ0n) is 14.6. The van der Waals surface area contributed by atoms with E-state index in [0.29, 0.717) is 18.4 Å². The molecule has 0 aromatic heterocycles. The van der Waals surface area contributed by atoms with Gasteiger partial charge in [0, 0.05) is 12.3 Å². The van der Waals surface area contributed by atoms with Gasteiger partial charge in [-0.25, -0.2) is 0 Å². The van der Waals surface area contributed by atoms with Crippen LogP contribution < -0.4 is 0 Å². The van der Waals surface area contributed by atoms with Crippen LogP contribution in [0.25, 0.3) is 0 Å². The second-order valence-electron chi connectivity index (χ2n) is 8.87. The molecule has 138 valence electrons. The van der Waals surface area contributed by atoms with Gasteiger partial charge in [0.1, 0.15) is 35.6 Å². The zero-order chi connectivity index (χ0) is 18.2. The first-order chi connectivity index (χ1) is 11.5. The fourth-order valence-corrected chi connectivity index (χ4v) is 6.42. The van der Waals surface area contributed by atoms with Gasteiger partial charge in [-0.3, -0.25) is 4.79 Å². The number of hydrogen-bond acceptors (Lipinski definition) is 7. The lowest BCUT2D eigenvalue weighted by molar-refractivity contribution is -0.313. The number of fused-ring (bicyclic) bond motifs is 8. The van der Waals surface area contributed by atoms with Crippen molar-refractivity contribution in [2.24, 2.45) is 17.3 Å². The number of carbonyl (C=O) groups is 1. The van der Waals surface area contributed by atoms with Crippen LogP contribution >= 0.6 is 0 Å². The van der Waals surface area contributed by atoms with Crippen LogP contribution in [0.15, 0.2) is 12.2 Å². The van der Waals surface area contributed by atoms with E-state index in [1.807, 2.05) is 0 Å². The van der Waals surface area contributed by atoms with Crippen molar-refractivity contribution in [2.45, 2.75) is 75.0 Å². The molecule has 25 heavy (non-hydrogen) atoms. The van der Waals surface area contributed by atoms with Gasteiger partial charge in [0.05, 0.1) is 11.3 Å². The molecule has 5 fully saturated rings. The lowest BCUT2D eigenvalue weighted by Gasteiger charge is -2.57. The molecule has 2 saturated carbocycles. The van der Waals surface area contributed by atoms with Gasteiger partial charge in [-0.05, 0) is 20.3 Å². The van der Waals surface area contributed by atoms with Crippen LogP contribution in [0, 0.1) is 17.3 Å². The number of hydrogen-bond donors (Lipinski definition) is 3. The molecular weight excluding hydrogens is 328 g/mol. The van der Waals surface area contributed by atoms with Crippen molar-refractivity contribution in [2.75, 3.05) is 0 Å². The van der Waals surface area contributed by atoms with Crippen LogP contribution in [-0.2, 0) is 19.0 Å². The fraction of sp³-hybridized carbons (Fsp3) is 0.833. The molecule has 5 rings (SSSR count). The summed E-state index contributed by atoms with van der Waals surface area (Å²) in [6.07, 6.45) is -2.20. The van der Waals surface area contributed by atoms with Crippen molar-refractivity contribution in [1.29, 1.82) is 0 Å². The van der Waals surface area contributed by atoms with E-state index in [1.54, 1.807) is 20.8 Å². The van der Waals surface area contributed by atoms with E-state index in [9.17, 15) is 20.1 Å². The maximum Gasteiger partial charge on any atom is 0.313 e. The summed E-state index contributed by atoms with van der Waals surface area (Å²) in [5, 5.41) is 33.5. The second kappa shape index (κ2) is 4.12. The van der Waals surface area contributed by atoms with Crippen LogP contribution in [0.1, 0.15) is 33.6 Å². The molecule has 2 bridgehead atoms. The van der Waals surface area contributed by atoms with Crippen molar-refractivity contribution in [1.82, 2.24) is 0 Å². The Morgan fingerprint density at radius 1 is 1.24 bits per heavy atom. The summed E-state index contributed by atoms with van der Waals surface area (Å²) in [5.41, 5.74) is -3.19. The van der Waals surface area contributed by atoms with Gasteiger partial charge in [-0.15, -0.1) is 0 Å². The quantitative estimate of drug-likeness (QED) is 0.343. The molecule has 5 aliphatic rings. The zero-order valence-corrected chi connectivity index (χ0v) is 14.6. The van der Waals surface area contributed by atoms with E-state index >= 15 is 0 Å². The molecule has 0 radical (unpaired) electrons. The highest BCUT2D eigenvalue weighted by Crippen LogP contribution is 2.75. The standard InChI is InChI=1S/C18H24O7/c1-7(2)8-9-14(20)23-10(8)11(19)16(4)17(6-5-15(3,21)25-17)12-13(24-12)18(9,16)22/h8-13,19,21-22H,1,5-6H2,2-4H3. The van der Waals surface area contributed by atoms with Crippen molar-refractivity contribution in [3.63, 3.8) is 0 Å². The number of epoxide rings is 1. The van der Waals surface area contributed by atoms with Gasteiger partial charge >= 0.3 is 5.97 Å². The SMILES string of the molecule is C=C(C)C1C2OC(=O)C1C1(O)C3OC3C3(CCC(C)(O)O3)C1(C)C2O. The third-order valence-corrected chi connectivity index (χ3v) is 7.62. The molecule has 3 aliphatic heterocycles. The Morgan fingerprint density at radius 3 is 2.48 bits per heavy atom. The predicted octanol–water partition coefficient (Wildman–Crippen LogP) is -0.129. The summed E-state index contributed by atoms with van der Waals surface area (Å²) in [4.78, 5) is 12.6. The average molecular weight is 352 g/mol. The van der Waals surface area contributed by atoms with Gasteiger partial charge in [0.2, 0.25) is 0 Å². The van der Waals surface area contributed by atoms with E-state index in [0.717, 1.165) is 0 Å². The molecule has 0 amide bonds. The Kier molecular flexibility index (Phi) is 2.67. The molecule has 1 spiro atoms. The maximum atomic E-state index is 12.6. The molecule has 3 N–H and O–H groups in total. The third-order valence-electron chi connectivity index (χ3n) is 7.62. The molecule has 7 heteroatoms. The molecule has 0 aromatic rings. The summed E-state index contributed by atoms with van der Waals surface area (Å²) in [7, 11) is 0. The number of esters is 1. The van der Waals surface area contributed by atoms with Crippen LogP contribution in [-0.4, -0.2) is 62.7 Å². The Balaban J connectivity index is 1.72. The average Bonchev–Trinajstić information content (AvgIpc) is 3.12. The summed E-state index contributed by atoms with van der Waals surface area (Å²) in [6.45, 7) is 9.03. The van der Waals surface area contributed by atoms with Crippen molar-refractivity contribution >= 4 is 5.97 Å². The van der Waals surface area contributed by atoms with Gasteiger partial charge in [-0.1, -0.05) is 19.1 Å². The highest BCUT2D eigenvalue weighted by Gasteiger charge is 2.92. The summed E-state index contributed by atoms with van der Waals surface area (Å²) >= 11 is 0. The number of aliphatic hydroxyl groups is 3. The number of rotatable bonds is 1. The molecule has 10 atom stereocenters. The largest absolute Gasteiger partial charge is 0.459 e. The Labute approximate surface area is 145 Å². The Bertz CT molecular complexity index is 704. The predicted molar refractivity (Wildman–Crippen MR) is 83.1 cm³/mol. The van der Waals surface area contributed by atoms with Gasteiger partial charge in [0.25, 0.3) is 0 Å². The minimum Gasteiger partial charge on any atom is -0.459 e. The van der Waals surface area contributed by atoms with Gasteiger partial charge in [0.15, 0.2) is 5.79 Å². The van der Waals surface area contributed by atoms with E-state index in [4.69, 9.17) is 14.2 Å². The summed E-state index contributed by atoms with van der Waals surface area (Å²) in [6, 6.07) is 0. The number of carbonyl (C=O) groups excluding carboxylic acids is 1. The van der Waals surface area contributed by atoms with Gasteiger partial charge in [-0.2, -0.15) is 0 Å². The van der Waals surface area contributed by atoms with Crippen LogP contribution in [0.5, 0.6) is 0 Å². The highest BCUT2D eigenvalue weighted by molar-refractivity contribution is 5.80. The van der Waals surface area contributed by atoms with Crippen LogP contribution in [0.3, 0.4) is 0 Å². The first-order valence-electron chi connectivity index (χ1n) is 8.86. The molecule has 3 saturated heterocycles. The monoisotopic (exact) mass is 352 g/mol. The number of aliphatic hydroxyl groups excluding tert-OH is 1. The molecule has 2 aliphatic carbocycles. The van der Waals surface area contributed by atoms with E-state index < -0.39 is 64.6 Å². The lowest BCUT2D eigenvalue weighted by atomic mass is 9.51. The minimum atomic E-state index is -1.63. The molecule has 10 unspecified atom stereocenters. The molecule has 7 nitrogen and oxygen atoms in total. The van der Waals surface area contributed by atoms with Crippen LogP contribution in [0.4, 0.5) is 0 Å². The van der Waals surface area contributed by atoms with Crippen molar-refractivity contribution in [3.8, 4) is 0 Å². The molecule has 3 heterocycles. The Morgan fingerprint density at radius 2 is 1.92 bits per heavy atom. The van der Waals surface area contributed by atoms with Crippen molar-refractivity contribution in [3.05, 3.63) is 12.2 Å². The van der Waals surface area contributed by atoms with E-state index in [-0.39, 0.29) is 0 Å². The maximum absolute atomic E-state index is 12.6. The van der Waals surface area contributed by atoms with Crippen LogP contribution in [0.2, 0.25) is 0 Å². The first-order valence-corrected chi connectivity index (χ1v) is 8.86. The second-order valence-corrected chi connectivity index (χ2v) is 8.87. The van der Waals surface area contributed by atoms with Gasteiger partial charge < -0.3 is 29.5 Å². The highest BCUT2D eigenvalue weighted by atomic mass is 16.7. The van der Waals surface area contributed by atoms with E-state index in [2.05, 4.69) is 6.58 Å². The molecule has 0 aromatic carbocycles. The number of ether oxygens (including phenoxy) is 3. The molecular formula is C18H24O7. The first kappa shape index (κ1) is 16.2. The van der Waals surface area contributed by atoms with E-state index in [1.165, 1.54) is 0 Å². The fourth-order valence-electron chi connectivity index (χ4n) is 6.42.